The van der Waals surface area contributed by atoms with E-state index in [1.54, 1.807) is 0 Å². The lowest BCUT2D eigenvalue weighted by molar-refractivity contribution is 0.607. The quantitative estimate of drug-likeness (QED) is 0.273. The topological polar surface area (TPSA) is 9.23 Å². The van der Waals surface area contributed by atoms with E-state index in [4.69, 9.17) is 4.52 Å². The summed E-state index contributed by atoms with van der Waals surface area (Å²) in [7, 11) is 0.203. The first-order valence-electron chi connectivity index (χ1n) is 9.05. The minimum atomic E-state index is -0.361. The average molecular weight is 368 g/mol. The summed E-state index contributed by atoms with van der Waals surface area (Å²) in [6.07, 6.45) is 0. The van der Waals surface area contributed by atoms with Crippen LogP contribution >= 0.6 is 8.81 Å². The van der Waals surface area contributed by atoms with Crippen LogP contribution in [-0.4, -0.2) is 0 Å². The molecule has 2 heteroatoms. The molecule has 0 aliphatic rings. The number of hydrogen-bond acceptors (Lipinski definition) is 1. The van der Waals surface area contributed by atoms with Crippen LogP contribution in [0.5, 0.6) is 5.75 Å². The predicted molar refractivity (Wildman–Crippen MR) is 115 cm³/mol. The maximum atomic E-state index is 6.36. The molecule has 0 aromatic heterocycles. The van der Waals surface area contributed by atoms with E-state index in [2.05, 4.69) is 91.0 Å². The van der Waals surface area contributed by atoms with Gasteiger partial charge in [0.2, 0.25) is 0 Å². The van der Waals surface area contributed by atoms with Gasteiger partial charge in [-0.05, 0) is 28.8 Å². The first kappa shape index (κ1) is 17.5. The molecule has 4 aromatic carbocycles. The second kappa shape index (κ2) is 8.20. The molecule has 0 spiro atoms. The molecule has 0 amide bonds. The summed E-state index contributed by atoms with van der Waals surface area (Å²) >= 11 is 0. The Hall–Kier alpha value is -2.89. The van der Waals surface area contributed by atoms with E-state index < -0.39 is 0 Å². The van der Waals surface area contributed by atoms with E-state index in [1.807, 2.05) is 30.3 Å². The van der Waals surface area contributed by atoms with Gasteiger partial charge in [0, 0.05) is 0 Å². The lowest BCUT2D eigenvalue weighted by Crippen LogP contribution is -2.25. The summed E-state index contributed by atoms with van der Waals surface area (Å²) in [6.45, 7) is 0. The fraction of sp³-hybridized carbons (Fsp3) is 0.0400. The molecule has 27 heavy (non-hydrogen) atoms. The van der Waals surface area contributed by atoms with Gasteiger partial charge in [0.15, 0.2) is 0 Å². The molecule has 0 aliphatic heterocycles. The maximum Gasteiger partial charge on any atom is 0.122 e. The fourth-order valence-electron chi connectivity index (χ4n) is 3.37. The Balaban J connectivity index is 1.89. The number of hydrogen-bond donors (Lipinski definition) is 0. The van der Waals surface area contributed by atoms with Crippen LogP contribution in [0.3, 0.4) is 0 Å². The molecule has 4 aromatic rings. The third kappa shape index (κ3) is 3.65. The highest BCUT2D eigenvalue weighted by atomic mass is 31.1. The molecule has 0 fully saturated rings. The third-order valence-electron chi connectivity index (χ3n) is 4.69. The highest BCUT2D eigenvalue weighted by Crippen LogP contribution is 2.52. The predicted octanol–water partition coefficient (Wildman–Crippen LogP) is 6.65. The summed E-state index contributed by atoms with van der Waals surface area (Å²) in [5.41, 5.74) is 3.70. The molecule has 0 bridgehead atoms. The molecule has 1 atom stereocenters. The monoisotopic (exact) mass is 368 g/mol. The Labute approximate surface area is 162 Å². The van der Waals surface area contributed by atoms with Crippen LogP contribution in [0.1, 0.15) is 16.7 Å². The SMILES string of the molecule is c1ccc(OPC(c2ccccc2)(c2ccccc2)c2ccccc2)cc1. The van der Waals surface area contributed by atoms with E-state index >= 15 is 0 Å². The van der Waals surface area contributed by atoms with Gasteiger partial charge < -0.3 is 4.52 Å². The molecule has 0 saturated carbocycles. The van der Waals surface area contributed by atoms with Crippen LogP contribution in [-0.2, 0) is 5.16 Å². The van der Waals surface area contributed by atoms with Gasteiger partial charge in [0.25, 0.3) is 0 Å². The Morgan fingerprint density at radius 1 is 0.444 bits per heavy atom. The molecule has 0 N–H and O–H groups in total. The summed E-state index contributed by atoms with van der Waals surface area (Å²) in [5, 5.41) is -0.361. The Bertz CT molecular complexity index is 857. The Morgan fingerprint density at radius 2 is 0.778 bits per heavy atom. The average Bonchev–Trinajstić information content (AvgIpc) is 2.77. The first-order chi connectivity index (χ1) is 13.4. The van der Waals surface area contributed by atoms with Crippen molar-refractivity contribution in [3.63, 3.8) is 0 Å². The second-order valence-electron chi connectivity index (χ2n) is 6.37. The third-order valence-corrected chi connectivity index (χ3v) is 6.20. The smallest absolute Gasteiger partial charge is 0.122 e. The summed E-state index contributed by atoms with van der Waals surface area (Å²) in [6, 6.07) is 42.0. The molecule has 1 nitrogen and oxygen atoms in total. The molecule has 132 valence electrons. The highest BCUT2D eigenvalue weighted by molar-refractivity contribution is 7.35. The van der Waals surface area contributed by atoms with Crippen LogP contribution in [0, 0.1) is 0 Å². The zero-order chi connectivity index (χ0) is 18.4. The fourth-order valence-corrected chi connectivity index (χ4v) is 4.63. The normalized spacial score (nSPS) is 11.6. The van der Waals surface area contributed by atoms with Crippen molar-refractivity contribution in [3.05, 3.63) is 138 Å². The van der Waals surface area contributed by atoms with E-state index in [0.29, 0.717) is 0 Å². The zero-order valence-corrected chi connectivity index (χ0v) is 16.0. The minimum Gasteiger partial charge on any atom is -0.476 e. The molecule has 0 saturated heterocycles. The van der Waals surface area contributed by atoms with Gasteiger partial charge >= 0.3 is 0 Å². The molecule has 0 aliphatic carbocycles. The largest absolute Gasteiger partial charge is 0.476 e. The van der Waals surface area contributed by atoms with Crippen molar-refractivity contribution < 1.29 is 4.52 Å². The van der Waals surface area contributed by atoms with Gasteiger partial charge in [-0.15, -0.1) is 0 Å². The Kier molecular flexibility index (Phi) is 5.32. The van der Waals surface area contributed by atoms with Crippen molar-refractivity contribution in [2.75, 3.05) is 0 Å². The summed E-state index contributed by atoms with van der Waals surface area (Å²) < 4.78 is 6.36. The van der Waals surface area contributed by atoms with Crippen molar-refractivity contribution in [1.82, 2.24) is 0 Å². The van der Waals surface area contributed by atoms with Gasteiger partial charge in [-0.1, -0.05) is 109 Å². The molecule has 0 radical (unpaired) electrons. The summed E-state index contributed by atoms with van der Waals surface area (Å²) in [4.78, 5) is 0. The summed E-state index contributed by atoms with van der Waals surface area (Å²) in [5.74, 6) is 0.892. The van der Waals surface area contributed by atoms with Gasteiger partial charge in [-0.2, -0.15) is 0 Å². The van der Waals surface area contributed by atoms with Crippen molar-refractivity contribution in [2.45, 2.75) is 5.16 Å². The highest BCUT2D eigenvalue weighted by Gasteiger charge is 2.38. The van der Waals surface area contributed by atoms with E-state index in [9.17, 15) is 0 Å². The molecular formula is C25H21OP. The zero-order valence-electron chi connectivity index (χ0n) is 15.0. The van der Waals surface area contributed by atoms with Gasteiger partial charge in [0.05, 0.1) is 14.0 Å². The van der Waals surface area contributed by atoms with Crippen molar-refractivity contribution in [1.29, 1.82) is 0 Å². The van der Waals surface area contributed by atoms with E-state index in [0.717, 1.165) is 5.75 Å². The van der Waals surface area contributed by atoms with Crippen molar-refractivity contribution in [2.24, 2.45) is 0 Å². The van der Waals surface area contributed by atoms with Gasteiger partial charge in [-0.3, -0.25) is 0 Å². The van der Waals surface area contributed by atoms with Crippen LogP contribution in [0.4, 0.5) is 0 Å². The van der Waals surface area contributed by atoms with Crippen LogP contribution < -0.4 is 4.52 Å². The Morgan fingerprint density at radius 3 is 1.15 bits per heavy atom. The molecule has 1 unspecified atom stereocenters. The standard InChI is InChI=1S/C25H21OP/c1-5-13-21(14-6-1)25(22-15-7-2-8-16-22,23-17-9-3-10-18-23)27-26-24-19-11-4-12-20-24/h1-20,27H. The van der Waals surface area contributed by atoms with Gasteiger partial charge in [0.1, 0.15) is 5.75 Å². The van der Waals surface area contributed by atoms with E-state index in [1.165, 1.54) is 16.7 Å². The minimum absolute atomic E-state index is 0.203. The first-order valence-corrected chi connectivity index (χ1v) is 9.96. The van der Waals surface area contributed by atoms with Crippen LogP contribution in [0.25, 0.3) is 0 Å². The van der Waals surface area contributed by atoms with Gasteiger partial charge in [-0.25, -0.2) is 0 Å². The lowest BCUT2D eigenvalue weighted by Gasteiger charge is -2.35. The number of rotatable bonds is 6. The number of benzene rings is 4. The van der Waals surface area contributed by atoms with E-state index in [-0.39, 0.29) is 14.0 Å². The molecule has 4 rings (SSSR count). The molecular weight excluding hydrogens is 347 g/mol. The lowest BCUT2D eigenvalue weighted by atomic mass is 9.84. The van der Waals surface area contributed by atoms with Crippen molar-refractivity contribution in [3.8, 4) is 5.75 Å². The van der Waals surface area contributed by atoms with Crippen LogP contribution in [0.2, 0.25) is 0 Å². The van der Waals surface area contributed by atoms with Crippen LogP contribution in [0.15, 0.2) is 121 Å². The second-order valence-corrected chi connectivity index (χ2v) is 7.52. The molecule has 0 heterocycles. The maximum absolute atomic E-state index is 6.36. The number of para-hydroxylation sites is 1. The van der Waals surface area contributed by atoms with Crippen molar-refractivity contribution >= 4 is 8.81 Å².